The average molecular weight is 562 g/mol. The van der Waals surface area contributed by atoms with Gasteiger partial charge in [-0.25, -0.2) is 0 Å². The molecule has 0 unspecified atom stereocenters. The third-order valence-corrected chi connectivity index (χ3v) is 7.26. The molecule has 1 aromatic carbocycles. The molecular weight excluding hydrogens is 544 g/mol. The lowest BCUT2D eigenvalue weighted by Crippen LogP contribution is -2.20. The molecule has 6 heteroatoms. The molecule has 0 aliphatic carbocycles. The molecule has 0 aromatic heterocycles. The maximum atomic E-state index is 3.52. The van der Waals surface area contributed by atoms with Crippen LogP contribution >= 0.6 is 63.7 Å². The van der Waals surface area contributed by atoms with Crippen molar-refractivity contribution in [3.8, 4) is 0 Å². The van der Waals surface area contributed by atoms with Gasteiger partial charge in [0.1, 0.15) is 0 Å². The summed E-state index contributed by atoms with van der Waals surface area (Å²) in [6, 6.07) is 11.9. The van der Waals surface area contributed by atoms with Gasteiger partial charge >= 0.3 is 0 Å². The van der Waals surface area contributed by atoms with Gasteiger partial charge in [0, 0.05) is 0 Å². The summed E-state index contributed by atoms with van der Waals surface area (Å²) in [7, 11) is 1.90. The van der Waals surface area contributed by atoms with E-state index in [1.54, 1.807) is 0 Å². The van der Waals surface area contributed by atoms with Gasteiger partial charge in [-0.1, -0.05) is 123 Å². The summed E-state index contributed by atoms with van der Waals surface area (Å²) in [5, 5.41) is 3.00. The van der Waals surface area contributed by atoms with E-state index in [0.29, 0.717) is 7.47 Å². The molecule has 0 nitrogen and oxygen atoms in total. The Kier molecular flexibility index (Phi) is 11.8. The van der Waals surface area contributed by atoms with E-state index in [4.69, 9.17) is 0 Å². The molecule has 4 radical (unpaired) electrons. The number of hydrogen-bond acceptors (Lipinski definition) is 0. The SMILES string of the molecule is BrC(Br)CCC[Si]c1ccc([Si]CCCC(Br)Br)cc1. The van der Waals surface area contributed by atoms with Crippen LogP contribution in [0.1, 0.15) is 25.7 Å². The van der Waals surface area contributed by atoms with Crippen molar-refractivity contribution in [1.29, 1.82) is 0 Å². The van der Waals surface area contributed by atoms with Crippen LogP contribution in [0.5, 0.6) is 0 Å². The number of alkyl halides is 4. The predicted octanol–water partition coefficient (Wildman–Crippen LogP) is 4.97. The summed E-state index contributed by atoms with van der Waals surface area (Å²) < 4.78 is 0.948. The molecule has 110 valence electrons. The minimum absolute atomic E-state index is 0.474. The normalized spacial score (nSPS) is 11.5. The van der Waals surface area contributed by atoms with Crippen LogP contribution in [-0.2, 0) is 0 Å². The Labute approximate surface area is 161 Å². The standard InChI is InChI=1S/C14H18Br4Si2/c15-13(16)3-1-9-19-11-5-7-12(8-6-11)20-10-2-4-14(17)18/h5-8,13-14H,1-4,9-10H2. The van der Waals surface area contributed by atoms with Crippen LogP contribution in [0.4, 0.5) is 0 Å². The summed E-state index contributed by atoms with van der Waals surface area (Å²) in [5.74, 6) is 0. The monoisotopic (exact) mass is 558 g/mol. The predicted molar refractivity (Wildman–Crippen MR) is 109 cm³/mol. The molecule has 0 N–H and O–H groups in total. The lowest BCUT2D eigenvalue weighted by Gasteiger charge is -2.04. The minimum Gasteiger partial charge on any atom is -0.0765 e. The Morgan fingerprint density at radius 2 is 1.05 bits per heavy atom. The van der Waals surface area contributed by atoms with Gasteiger partial charge in [0.15, 0.2) is 0 Å². The highest BCUT2D eigenvalue weighted by atomic mass is 79.9. The van der Waals surface area contributed by atoms with Gasteiger partial charge in [0.25, 0.3) is 0 Å². The number of rotatable bonds is 10. The molecular formula is C14H18Br4Si2. The molecule has 1 rings (SSSR count). The molecule has 1 aromatic rings. The first-order valence-corrected chi connectivity index (χ1v) is 12.8. The van der Waals surface area contributed by atoms with Crippen LogP contribution in [0, 0.1) is 0 Å². The van der Waals surface area contributed by atoms with Gasteiger partial charge in [0.2, 0.25) is 0 Å². The Hall–Kier alpha value is 1.57. The van der Waals surface area contributed by atoms with Crippen LogP contribution in [-0.4, -0.2) is 26.5 Å². The van der Waals surface area contributed by atoms with Crippen LogP contribution in [0.25, 0.3) is 0 Å². The smallest absolute Gasteiger partial charge is 0.0765 e. The van der Waals surface area contributed by atoms with Gasteiger partial charge in [-0.2, -0.15) is 0 Å². The lowest BCUT2D eigenvalue weighted by atomic mass is 10.4. The largest absolute Gasteiger partial charge is 0.0807 e. The molecule has 20 heavy (non-hydrogen) atoms. The first-order chi connectivity index (χ1) is 9.58. The van der Waals surface area contributed by atoms with Gasteiger partial charge in [-0.05, 0) is 12.8 Å². The highest BCUT2D eigenvalue weighted by molar-refractivity contribution is 9.25. The Balaban J connectivity index is 2.19. The number of halogens is 4. The van der Waals surface area contributed by atoms with E-state index in [-0.39, 0.29) is 0 Å². The summed E-state index contributed by atoms with van der Waals surface area (Å²) in [5.41, 5.74) is 0. The average Bonchev–Trinajstić information content (AvgIpc) is 2.41. The van der Waals surface area contributed by atoms with Crippen molar-refractivity contribution in [2.45, 2.75) is 45.2 Å². The van der Waals surface area contributed by atoms with Crippen molar-refractivity contribution in [1.82, 2.24) is 0 Å². The van der Waals surface area contributed by atoms with Crippen LogP contribution < -0.4 is 10.4 Å². The van der Waals surface area contributed by atoms with Crippen molar-refractivity contribution in [3.63, 3.8) is 0 Å². The fourth-order valence-corrected chi connectivity index (χ4v) is 5.12. The quantitative estimate of drug-likeness (QED) is 0.215. The Morgan fingerprint density at radius 3 is 1.35 bits per heavy atom. The fraction of sp³-hybridized carbons (Fsp3) is 0.571. The molecule has 0 aliphatic rings. The summed E-state index contributed by atoms with van der Waals surface area (Å²) >= 11 is 14.1. The van der Waals surface area contributed by atoms with Gasteiger partial charge in [-0.15, -0.1) is 0 Å². The number of hydrogen-bond donors (Lipinski definition) is 0. The zero-order chi connectivity index (χ0) is 14.8. The second kappa shape index (κ2) is 12.1. The van der Waals surface area contributed by atoms with E-state index in [9.17, 15) is 0 Å². The maximum Gasteiger partial charge on any atom is 0.0807 e. The Morgan fingerprint density at radius 1 is 0.700 bits per heavy atom. The van der Waals surface area contributed by atoms with Crippen molar-refractivity contribution < 1.29 is 0 Å². The topological polar surface area (TPSA) is 0 Å². The maximum absolute atomic E-state index is 3.52. The third kappa shape index (κ3) is 10.3. The minimum atomic E-state index is 0.474. The lowest BCUT2D eigenvalue weighted by molar-refractivity contribution is 0.878. The molecule has 0 heterocycles. The van der Waals surface area contributed by atoms with Gasteiger partial charge < -0.3 is 0 Å². The van der Waals surface area contributed by atoms with Crippen molar-refractivity contribution in [2.75, 3.05) is 0 Å². The zero-order valence-corrected chi connectivity index (χ0v) is 19.6. The van der Waals surface area contributed by atoms with Crippen molar-refractivity contribution >= 4 is 93.1 Å². The van der Waals surface area contributed by atoms with E-state index in [1.165, 1.54) is 48.1 Å². The van der Waals surface area contributed by atoms with E-state index < -0.39 is 0 Å². The second-order valence-electron chi connectivity index (χ2n) is 4.50. The van der Waals surface area contributed by atoms with E-state index in [2.05, 4.69) is 88.0 Å². The number of benzene rings is 1. The van der Waals surface area contributed by atoms with E-state index in [0.717, 1.165) is 19.0 Å². The first-order valence-electron chi connectivity index (χ1n) is 6.72. The van der Waals surface area contributed by atoms with Gasteiger partial charge in [0.05, 0.1) is 26.5 Å². The highest BCUT2D eigenvalue weighted by Gasteiger charge is 2.01. The molecule has 0 saturated heterocycles. The van der Waals surface area contributed by atoms with Gasteiger partial charge in [-0.3, -0.25) is 0 Å². The zero-order valence-electron chi connectivity index (χ0n) is 11.2. The molecule has 0 atom stereocenters. The molecule has 0 spiro atoms. The fourth-order valence-electron chi connectivity index (χ4n) is 1.68. The molecule has 0 aliphatic heterocycles. The Bertz CT molecular complexity index is 320. The van der Waals surface area contributed by atoms with E-state index in [1.807, 2.05) is 0 Å². The molecule has 0 fully saturated rings. The van der Waals surface area contributed by atoms with Crippen LogP contribution in [0.2, 0.25) is 12.1 Å². The third-order valence-electron chi connectivity index (χ3n) is 2.74. The molecule has 0 bridgehead atoms. The molecule has 0 saturated carbocycles. The summed E-state index contributed by atoms with van der Waals surface area (Å²) in [6.45, 7) is 0. The van der Waals surface area contributed by atoms with Crippen LogP contribution in [0.15, 0.2) is 24.3 Å². The highest BCUT2D eigenvalue weighted by Crippen LogP contribution is 2.16. The second-order valence-corrected chi connectivity index (χ2v) is 14.2. The summed E-state index contributed by atoms with van der Waals surface area (Å²) in [4.78, 5) is 0. The first kappa shape index (κ1) is 19.6. The van der Waals surface area contributed by atoms with Crippen molar-refractivity contribution in [3.05, 3.63) is 24.3 Å². The van der Waals surface area contributed by atoms with E-state index >= 15 is 0 Å². The van der Waals surface area contributed by atoms with Crippen molar-refractivity contribution in [2.24, 2.45) is 0 Å². The summed E-state index contributed by atoms with van der Waals surface area (Å²) in [6.07, 6.45) is 4.97. The van der Waals surface area contributed by atoms with Crippen LogP contribution in [0.3, 0.4) is 0 Å². The molecule has 0 amide bonds.